The molecule has 122 valence electrons. The molecule has 0 atom stereocenters. The Balaban J connectivity index is 2.08. The van der Waals surface area contributed by atoms with Gasteiger partial charge >= 0.3 is 0 Å². The average molecular weight is 337 g/mol. The van der Waals surface area contributed by atoms with E-state index in [1.807, 2.05) is 0 Å². The number of hydrogen-bond donors (Lipinski definition) is 0. The van der Waals surface area contributed by atoms with Crippen LogP contribution in [0.2, 0.25) is 0 Å². The third kappa shape index (κ3) is 2.61. The second-order valence-electron chi connectivity index (χ2n) is 5.12. The second kappa shape index (κ2) is 5.73. The molecule has 0 bridgehead atoms. The third-order valence-corrected chi connectivity index (χ3v) is 5.69. The summed E-state index contributed by atoms with van der Waals surface area (Å²) in [6.07, 6.45) is 0.477. The van der Waals surface area contributed by atoms with Gasteiger partial charge in [0, 0.05) is 12.6 Å². The van der Waals surface area contributed by atoms with Gasteiger partial charge in [-0.3, -0.25) is 4.31 Å². The fraction of sp³-hybridized carbons (Fsp3) is 0.250. The number of hydrogen-bond acceptors (Lipinski definition) is 4. The van der Waals surface area contributed by atoms with E-state index in [0.717, 1.165) is 0 Å². The number of halogens is 1. The highest BCUT2D eigenvalue weighted by molar-refractivity contribution is 7.93. The average Bonchev–Trinajstić information content (AvgIpc) is 2.97. The first-order valence-corrected chi connectivity index (χ1v) is 8.44. The fourth-order valence-electron chi connectivity index (χ4n) is 2.70. The van der Waals surface area contributed by atoms with Gasteiger partial charge in [-0.15, -0.1) is 0 Å². The molecule has 0 aromatic heterocycles. The number of sulfonamides is 1. The van der Waals surface area contributed by atoms with Crippen molar-refractivity contribution < 1.29 is 22.3 Å². The van der Waals surface area contributed by atoms with Crippen molar-refractivity contribution in [3.05, 3.63) is 47.8 Å². The lowest BCUT2D eigenvalue weighted by molar-refractivity contribution is 0.386. The van der Waals surface area contributed by atoms with Crippen molar-refractivity contribution in [3.8, 4) is 11.5 Å². The number of benzene rings is 2. The van der Waals surface area contributed by atoms with Crippen LogP contribution in [0, 0.1) is 5.82 Å². The SMILES string of the molecule is COc1ccc(S(=O)(=O)N2CCc3cc(F)ccc32)c(OC)c1. The van der Waals surface area contributed by atoms with Gasteiger partial charge in [0.15, 0.2) is 0 Å². The molecular formula is C16H16FNO4S. The molecule has 0 aliphatic carbocycles. The maximum absolute atomic E-state index is 13.3. The number of nitrogens with zero attached hydrogens (tertiary/aromatic N) is 1. The van der Waals surface area contributed by atoms with Crippen molar-refractivity contribution in [3.63, 3.8) is 0 Å². The molecule has 7 heteroatoms. The molecule has 3 rings (SSSR count). The van der Waals surface area contributed by atoms with Crippen molar-refractivity contribution in [2.75, 3.05) is 25.1 Å². The zero-order valence-electron chi connectivity index (χ0n) is 12.7. The summed E-state index contributed by atoms with van der Waals surface area (Å²) < 4.78 is 50.8. The van der Waals surface area contributed by atoms with Crippen LogP contribution in [-0.4, -0.2) is 29.2 Å². The van der Waals surface area contributed by atoms with Crippen molar-refractivity contribution in [1.29, 1.82) is 0 Å². The van der Waals surface area contributed by atoms with Crippen LogP contribution < -0.4 is 13.8 Å². The fourth-order valence-corrected chi connectivity index (χ4v) is 4.34. The first-order valence-electron chi connectivity index (χ1n) is 7.00. The van der Waals surface area contributed by atoms with E-state index < -0.39 is 10.0 Å². The summed E-state index contributed by atoms with van der Waals surface area (Å²) in [5, 5.41) is 0. The summed E-state index contributed by atoms with van der Waals surface area (Å²) in [5.41, 5.74) is 1.19. The Hall–Kier alpha value is -2.28. The van der Waals surface area contributed by atoms with E-state index in [4.69, 9.17) is 9.47 Å². The van der Waals surface area contributed by atoms with Crippen molar-refractivity contribution >= 4 is 15.7 Å². The van der Waals surface area contributed by atoms with Crippen LogP contribution in [0.15, 0.2) is 41.3 Å². The Morgan fingerprint density at radius 3 is 2.57 bits per heavy atom. The summed E-state index contributed by atoms with van der Waals surface area (Å²) in [7, 11) is -0.904. The van der Waals surface area contributed by atoms with E-state index in [1.54, 1.807) is 6.07 Å². The largest absolute Gasteiger partial charge is 0.497 e. The van der Waals surface area contributed by atoms with Gasteiger partial charge in [0.1, 0.15) is 22.2 Å². The van der Waals surface area contributed by atoms with Crippen LogP contribution in [0.5, 0.6) is 11.5 Å². The molecular weight excluding hydrogens is 321 g/mol. The topological polar surface area (TPSA) is 55.8 Å². The van der Waals surface area contributed by atoms with Crippen LogP contribution in [0.4, 0.5) is 10.1 Å². The Morgan fingerprint density at radius 1 is 1.09 bits per heavy atom. The summed E-state index contributed by atoms with van der Waals surface area (Å²) in [6, 6.07) is 8.67. The number of anilines is 1. The highest BCUT2D eigenvalue weighted by Gasteiger charge is 2.33. The maximum atomic E-state index is 13.3. The van der Waals surface area contributed by atoms with Gasteiger partial charge in [-0.05, 0) is 42.3 Å². The Labute approximate surface area is 134 Å². The standard InChI is InChI=1S/C16H16FNO4S/c1-21-13-4-6-16(15(10-13)22-2)23(19,20)18-8-7-11-9-12(17)3-5-14(11)18/h3-6,9-10H,7-8H2,1-2H3. The number of fused-ring (bicyclic) bond motifs is 1. The van der Waals surface area contributed by atoms with Gasteiger partial charge in [-0.2, -0.15) is 0 Å². The number of ether oxygens (including phenoxy) is 2. The predicted octanol–water partition coefficient (Wildman–Crippen LogP) is 2.59. The lowest BCUT2D eigenvalue weighted by Crippen LogP contribution is -2.29. The van der Waals surface area contributed by atoms with Gasteiger partial charge in [0.05, 0.1) is 19.9 Å². The molecule has 0 radical (unpaired) electrons. The molecule has 5 nitrogen and oxygen atoms in total. The first kappa shape index (κ1) is 15.6. The quantitative estimate of drug-likeness (QED) is 0.860. The van der Waals surface area contributed by atoms with Crippen LogP contribution in [-0.2, 0) is 16.4 Å². The summed E-state index contributed by atoms with van der Waals surface area (Å²) in [4.78, 5) is 0.0537. The smallest absolute Gasteiger partial charge is 0.268 e. The zero-order chi connectivity index (χ0) is 16.6. The van der Waals surface area contributed by atoms with E-state index in [9.17, 15) is 12.8 Å². The molecule has 0 amide bonds. The van der Waals surface area contributed by atoms with E-state index >= 15 is 0 Å². The zero-order valence-corrected chi connectivity index (χ0v) is 13.6. The molecule has 0 spiro atoms. The van der Waals surface area contributed by atoms with E-state index in [2.05, 4.69) is 0 Å². The summed E-state index contributed by atoms with van der Waals surface area (Å²) >= 11 is 0. The van der Waals surface area contributed by atoms with Crippen molar-refractivity contribution in [1.82, 2.24) is 0 Å². The Kier molecular flexibility index (Phi) is 3.89. The normalized spacial score (nSPS) is 13.8. The number of rotatable bonds is 4. The lowest BCUT2D eigenvalue weighted by Gasteiger charge is -2.21. The van der Waals surface area contributed by atoms with Gasteiger partial charge in [-0.1, -0.05) is 0 Å². The first-order chi connectivity index (χ1) is 11.0. The molecule has 0 N–H and O–H groups in total. The molecule has 2 aromatic carbocycles. The van der Waals surface area contributed by atoms with Gasteiger partial charge in [-0.25, -0.2) is 12.8 Å². The molecule has 1 aliphatic rings. The molecule has 0 fully saturated rings. The minimum Gasteiger partial charge on any atom is -0.497 e. The molecule has 1 heterocycles. The molecule has 0 saturated carbocycles. The maximum Gasteiger partial charge on any atom is 0.268 e. The van der Waals surface area contributed by atoms with Gasteiger partial charge in [0.2, 0.25) is 0 Å². The molecule has 0 unspecified atom stereocenters. The van der Waals surface area contributed by atoms with Gasteiger partial charge in [0.25, 0.3) is 10.0 Å². The van der Waals surface area contributed by atoms with E-state index in [0.29, 0.717) is 23.4 Å². The summed E-state index contributed by atoms with van der Waals surface area (Å²) in [6.45, 7) is 0.274. The molecule has 23 heavy (non-hydrogen) atoms. The molecule has 1 aliphatic heterocycles. The van der Waals surface area contributed by atoms with Crippen molar-refractivity contribution in [2.24, 2.45) is 0 Å². The van der Waals surface area contributed by atoms with Crippen LogP contribution in [0.3, 0.4) is 0 Å². The lowest BCUT2D eigenvalue weighted by atomic mass is 10.2. The molecule has 0 saturated heterocycles. The van der Waals surface area contributed by atoms with Crippen LogP contribution in [0.25, 0.3) is 0 Å². The Bertz CT molecular complexity index is 851. The minimum absolute atomic E-state index is 0.0537. The predicted molar refractivity (Wildman–Crippen MR) is 84.2 cm³/mol. The minimum atomic E-state index is -3.80. The van der Waals surface area contributed by atoms with Crippen LogP contribution in [0.1, 0.15) is 5.56 Å². The highest BCUT2D eigenvalue weighted by atomic mass is 32.2. The van der Waals surface area contributed by atoms with E-state index in [-0.39, 0.29) is 23.0 Å². The molecule has 2 aromatic rings. The van der Waals surface area contributed by atoms with Crippen LogP contribution >= 0.6 is 0 Å². The summed E-state index contributed by atoms with van der Waals surface area (Å²) in [5.74, 6) is 0.342. The number of methoxy groups -OCH3 is 2. The van der Waals surface area contributed by atoms with E-state index in [1.165, 1.54) is 48.9 Å². The third-order valence-electron chi connectivity index (χ3n) is 3.83. The van der Waals surface area contributed by atoms with Crippen molar-refractivity contribution in [2.45, 2.75) is 11.3 Å². The highest BCUT2D eigenvalue weighted by Crippen LogP contribution is 2.37. The van der Waals surface area contributed by atoms with Gasteiger partial charge < -0.3 is 9.47 Å². The second-order valence-corrected chi connectivity index (χ2v) is 6.95. The Morgan fingerprint density at radius 2 is 1.87 bits per heavy atom. The monoisotopic (exact) mass is 337 g/mol.